The third-order valence-corrected chi connectivity index (χ3v) is 4.39. The molecule has 2 fully saturated rings. The highest BCUT2D eigenvalue weighted by molar-refractivity contribution is 5.82. The first-order valence-electron chi connectivity index (χ1n) is 7.79. The van der Waals surface area contributed by atoms with Crippen molar-refractivity contribution in [2.45, 2.75) is 64.1 Å². The highest BCUT2D eigenvalue weighted by atomic mass is 16.5. The number of carboxylic acid groups (broad SMARTS) is 1. The SMILES string of the molecule is CC[C@@H](OC1CCCC1)C(=O)N1CCC[C@H](C(=O)O)C1. The summed E-state index contributed by atoms with van der Waals surface area (Å²) in [5, 5.41) is 9.09. The fourth-order valence-electron chi connectivity index (χ4n) is 3.17. The lowest BCUT2D eigenvalue weighted by molar-refractivity contribution is -0.153. The largest absolute Gasteiger partial charge is 0.481 e. The van der Waals surface area contributed by atoms with E-state index in [9.17, 15) is 9.59 Å². The molecule has 1 heterocycles. The van der Waals surface area contributed by atoms with Gasteiger partial charge in [0.2, 0.25) is 0 Å². The molecular formula is C15H25NO4. The summed E-state index contributed by atoms with van der Waals surface area (Å²) in [6.07, 6.45) is 6.35. The summed E-state index contributed by atoms with van der Waals surface area (Å²) in [5.41, 5.74) is 0. The zero-order valence-corrected chi connectivity index (χ0v) is 12.2. The predicted octanol–water partition coefficient (Wildman–Crippen LogP) is 2.05. The van der Waals surface area contributed by atoms with Gasteiger partial charge in [-0.1, -0.05) is 19.8 Å². The Morgan fingerprint density at radius 2 is 1.95 bits per heavy atom. The predicted molar refractivity (Wildman–Crippen MR) is 74.4 cm³/mol. The van der Waals surface area contributed by atoms with Gasteiger partial charge >= 0.3 is 5.97 Å². The van der Waals surface area contributed by atoms with E-state index < -0.39 is 18.0 Å². The Bertz CT molecular complexity index is 352. The number of ether oxygens (including phenoxy) is 1. The molecule has 1 amide bonds. The summed E-state index contributed by atoms with van der Waals surface area (Å²) in [4.78, 5) is 25.3. The zero-order chi connectivity index (χ0) is 14.5. The van der Waals surface area contributed by atoms with Crippen molar-refractivity contribution in [1.82, 2.24) is 4.90 Å². The van der Waals surface area contributed by atoms with E-state index in [4.69, 9.17) is 9.84 Å². The number of piperidine rings is 1. The molecule has 0 aromatic heterocycles. The van der Waals surface area contributed by atoms with Gasteiger partial charge in [-0.3, -0.25) is 9.59 Å². The van der Waals surface area contributed by atoms with Crippen molar-refractivity contribution in [2.24, 2.45) is 5.92 Å². The molecular weight excluding hydrogens is 258 g/mol. The van der Waals surface area contributed by atoms with E-state index in [1.165, 1.54) is 12.8 Å². The molecule has 2 atom stereocenters. The van der Waals surface area contributed by atoms with Crippen LogP contribution in [0.5, 0.6) is 0 Å². The normalized spacial score (nSPS) is 25.6. The summed E-state index contributed by atoms with van der Waals surface area (Å²) in [7, 11) is 0. The van der Waals surface area contributed by atoms with Gasteiger partial charge in [0.15, 0.2) is 0 Å². The molecule has 1 aliphatic carbocycles. The van der Waals surface area contributed by atoms with E-state index in [1.807, 2.05) is 6.92 Å². The first-order valence-corrected chi connectivity index (χ1v) is 7.79. The molecule has 1 N–H and O–H groups in total. The van der Waals surface area contributed by atoms with Crippen LogP contribution in [0, 0.1) is 5.92 Å². The highest BCUT2D eigenvalue weighted by Gasteiger charge is 2.33. The van der Waals surface area contributed by atoms with E-state index in [-0.39, 0.29) is 12.0 Å². The van der Waals surface area contributed by atoms with E-state index >= 15 is 0 Å². The Morgan fingerprint density at radius 1 is 1.25 bits per heavy atom. The van der Waals surface area contributed by atoms with Gasteiger partial charge < -0.3 is 14.7 Å². The number of carbonyl (C=O) groups excluding carboxylic acids is 1. The van der Waals surface area contributed by atoms with Crippen molar-refractivity contribution >= 4 is 11.9 Å². The van der Waals surface area contributed by atoms with Crippen LogP contribution in [0.2, 0.25) is 0 Å². The summed E-state index contributed by atoms with van der Waals surface area (Å²) in [6, 6.07) is 0. The average molecular weight is 283 g/mol. The topological polar surface area (TPSA) is 66.8 Å². The van der Waals surface area contributed by atoms with Gasteiger partial charge in [0.1, 0.15) is 6.10 Å². The van der Waals surface area contributed by atoms with Crippen LogP contribution in [-0.2, 0) is 14.3 Å². The fraction of sp³-hybridized carbons (Fsp3) is 0.867. The van der Waals surface area contributed by atoms with Crippen molar-refractivity contribution in [2.75, 3.05) is 13.1 Å². The maximum absolute atomic E-state index is 12.5. The van der Waals surface area contributed by atoms with Gasteiger partial charge in [0, 0.05) is 13.1 Å². The Hall–Kier alpha value is -1.10. The van der Waals surface area contributed by atoms with Gasteiger partial charge in [0.25, 0.3) is 5.91 Å². The fourth-order valence-corrected chi connectivity index (χ4v) is 3.17. The molecule has 114 valence electrons. The molecule has 0 radical (unpaired) electrons. The molecule has 1 saturated carbocycles. The zero-order valence-electron chi connectivity index (χ0n) is 12.2. The van der Waals surface area contributed by atoms with Crippen molar-refractivity contribution in [3.05, 3.63) is 0 Å². The first-order chi connectivity index (χ1) is 9.61. The summed E-state index contributed by atoms with van der Waals surface area (Å²) >= 11 is 0. The number of carboxylic acids is 1. The number of hydrogen-bond donors (Lipinski definition) is 1. The number of likely N-dealkylation sites (tertiary alicyclic amines) is 1. The van der Waals surface area contributed by atoms with Crippen LogP contribution >= 0.6 is 0 Å². The summed E-state index contributed by atoms with van der Waals surface area (Å²) in [5.74, 6) is -1.24. The Balaban J connectivity index is 1.91. The first kappa shape index (κ1) is 15.3. The minimum absolute atomic E-state index is 0.0228. The Morgan fingerprint density at radius 3 is 2.55 bits per heavy atom. The summed E-state index contributed by atoms with van der Waals surface area (Å²) in [6.45, 7) is 2.95. The maximum atomic E-state index is 12.5. The van der Waals surface area contributed by atoms with Crippen LogP contribution in [0.25, 0.3) is 0 Å². The second kappa shape index (κ2) is 7.07. The monoisotopic (exact) mass is 283 g/mol. The van der Waals surface area contributed by atoms with Gasteiger partial charge in [-0.05, 0) is 32.1 Å². The molecule has 0 aromatic rings. The van der Waals surface area contributed by atoms with Crippen molar-refractivity contribution in [3.63, 3.8) is 0 Å². The highest BCUT2D eigenvalue weighted by Crippen LogP contribution is 2.24. The molecule has 5 nitrogen and oxygen atoms in total. The van der Waals surface area contributed by atoms with Crippen LogP contribution in [0.4, 0.5) is 0 Å². The second-order valence-electron chi connectivity index (χ2n) is 5.90. The molecule has 1 saturated heterocycles. The third-order valence-electron chi connectivity index (χ3n) is 4.39. The lowest BCUT2D eigenvalue weighted by Crippen LogP contribution is -2.47. The lowest BCUT2D eigenvalue weighted by atomic mass is 9.97. The lowest BCUT2D eigenvalue weighted by Gasteiger charge is -2.33. The molecule has 0 aromatic carbocycles. The molecule has 2 aliphatic rings. The quantitative estimate of drug-likeness (QED) is 0.838. The Labute approximate surface area is 120 Å². The molecule has 5 heteroatoms. The molecule has 20 heavy (non-hydrogen) atoms. The van der Waals surface area contributed by atoms with Crippen molar-refractivity contribution in [1.29, 1.82) is 0 Å². The van der Waals surface area contributed by atoms with Crippen LogP contribution in [0.15, 0.2) is 0 Å². The van der Waals surface area contributed by atoms with E-state index in [1.54, 1.807) is 4.90 Å². The minimum Gasteiger partial charge on any atom is -0.481 e. The Kier molecular flexibility index (Phi) is 5.40. The van der Waals surface area contributed by atoms with Crippen molar-refractivity contribution < 1.29 is 19.4 Å². The number of rotatable bonds is 5. The van der Waals surface area contributed by atoms with Gasteiger partial charge in [-0.2, -0.15) is 0 Å². The molecule has 0 spiro atoms. The van der Waals surface area contributed by atoms with Crippen molar-refractivity contribution in [3.8, 4) is 0 Å². The number of aliphatic carboxylic acids is 1. The summed E-state index contributed by atoms with van der Waals surface area (Å²) < 4.78 is 5.93. The van der Waals surface area contributed by atoms with Gasteiger partial charge in [-0.15, -0.1) is 0 Å². The standard InChI is InChI=1S/C15H25NO4/c1-2-13(20-12-7-3-4-8-12)14(17)16-9-5-6-11(10-16)15(18)19/h11-13H,2-10H2,1H3,(H,18,19)/t11-,13+/m0/s1. The van der Waals surface area contributed by atoms with E-state index in [2.05, 4.69) is 0 Å². The smallest absolute Gasteiger partial charge is 0.308 e. The van der Waals surface area contributed by atoms with Crippen LogP contribution in [0.1, 0.15) is 51.9 Å². The number of hydrogen-bond acceptors (Lipinski definition) is 3. The van der Waals surface area contributed by atoms with Crippen LogP contribution < -0.4 is 0 Å². The average Bonchev–Trinajstić information content (AvgIpc) is 2.97. The number of amides is 1. The number of nitrogens with zero attached hydrogens (tertiary/aromatic N) is 1. The molecule has 2 rings (SSSR count). The molecule has 1 aliphatic heterocycles. The van der Waals surface area contributed by atoms with Gasteiger partial charge in [0.05, 0.1) is 12.0 Å². The second-order valence-corrected chi connectivity index (χ2v) is 5.90. The van der Waals surface area contributed by atoms with Crippen LogP contribution in [-0.4, -0.2) is 47.2 Å². The maximum Gasteiger partial charge on any atom is 0.308 e. The molecule has 0 unspecified atom stereocenters. The van der Waals surface area contributed by atoms with Crippen LogP contribution in [0.3, 0.4) is 0 Å². The minimum atomic E-state index is -0.799. The molecule has 0 bridgehead atoms. The van der Waals surface area contributed by atoms with Gasteiger partial charge in [-0.25, -0.2) is 0 Å². The number of carbonyl (C=O) groups is 2. The van der Waals surface area contributed by atoms with E-state index in [0.29, 0.717) is 25.9 Å². The third kappa shape index (κ3) is 3.72. The van der Waals surface area contributed by atoms with E-state index in [0.717, 1.165) is 19.3 Å².